The highest BCUT2D eigenvalue weighted by Crippen LogP contribution is 2.21. The molecule has 1 heterocycles. The number of nitrogens with two attached hydrogens (primary N) is 1. The lowest BCUT2D eigenvalue weighted by Gasteiger charge is -2.30. The molecule has 0 saturated carbocycles. The van der Waals surface area contributed by atoms with E-state index in [1.807, 2.05) is 28.8 Å². The smallest absolute Gasteiger partial charge is 0.260 e. The molecule has 2 N–H and O–H groups in total. The zero-order valence-electron chi connectivity index (χ0n) is 10.5. The van der Waals surface area contributed by atoms with Crippen molar-refractivity contribution >= 4 is 23.4 Å². The summed E-state index contributed by atoms with van der Waals surface area (Å²) in [6.07, 6.45) is 0. The second-order valence-corrected chi connectivity index (χ2v) is 5.89. The van der Waals surface area contributed by atoms with Crippen LogP contribution in [0.25, 0.3) is 0 Å². The van der Waals surface area contributed by atoms with E-state index in [0.29, 0.717) is 16.7 Å². The molecule has 18 heavy (non-hydrogen) atoms. The lowest BCUT2D eigenvalue weighted by molar-refractivity contribution is -0.133. The highest BCUT2D eigenvalue weighted by Gasteiger charge is 2.21. The van der Waals surface area contributed by atoms with E-state index in [-0.39, 0.29) is 12.5 Å². The Morgan fingerprint density at radius 1 is 1.56 bits per heavy atom. The fourth-order valence-corrected chi connectivity index (χ4v) is 2.90. The highest BCUT2D eigenvalue weighted by molar-refractivity contribution is 7.99. The predicted molar refractivity (Wildman–Crippen MR) is 74.8 cm³/mol. The van der Waals surface area contributed by atoms with Gasteiger partial charge < -0.3 is 15.4 Å². The van der Waals surface area contributed by atoms with Gasteiger partial charge in [0.15, 0.2) is 6.61 Å². The number of carbonyl (C=O) groups is 1. The summed E-state index contributed by atoms with van der Waals surface area (Å²) in [4.78, 5) is 13.8. The zero-order chi connectivity index (χ0) is 13.0. The average Bonchev–Trinajstić information content (AvgIpc) is 2.37. The number of amides is 1. The molecule has 1 aliphatic rings. The Morgan fingerprint density at radius 2 is 2.33 bits per heavy atom. The van der Waals surface area contributed by atoms with Crippen molar-refractivity contribution in [2.24, 2.45) is 0 Å². The fraction of sp³-hybridized carbons (Fsp3) is 0.462. The minimum Gasteiger partial charge on any atom is -0.482 e. The van der Waals surface area contributed by atoms with Gasteiger partial charge in [-0.15, -0.1) is 0 Å². The molecule has 98 valence electrons. The third kappa shape index (κ3) is 3.32. The van der Waals surface area contributed by atoms with Crippen molar-refractivity contribution in [1.82, 2.24) is 4.90 Å². The number of anilines is 1. The van der Waals surface area contributed by atoms with Gasteiger partial charge in [0.25, 0.3) is 5.91 Å². The molecule has 1 amide bonds. The number of para-hydroxylation sites is 2. The van der Waals surface area contributed by atoms with Crippen molar-refractivity contribution in [1.29, 1.82) is 0 Å². The first-order valence-corrected chi connectivity index (χ1v) is 7.08. The van der Waals surface area contributed by atoms with Crippen LogP contribution in [-0.4, -0.2) is 41.5 Å². The summed E-state index contributed by atoms with van der Waals surface area (Å²) in [6.45, 7) is 3.81. The van der Waals surface area contributed by atoms with Gasteiger partial charge in [-0.3, -0.25) is 4.79 Å². The van der Waals surface area contributed by atoms with E-state index in [2.05, 4.69) is 6.92 Å². The standard InChI is InChI=1S/C13H18N2O2S/c1-10-8-15(6-7-18-10)13(16)9-17-12-5-3-2-4-11(12)14/h2-5,10H,6-9,14H2,1H3. The fourth-order valence-electron chi connectivity index (χ4n) is 1.89. The summed E-state index contributed by atoms with van der Waals surface area (Å²) in [7, 11) is 0. The van der Waals surface area contributed by atoms with E-state index < -0.39 is 0 Å². The van der Waals surface area contributed by atoms with Crippen molar-refractivity contribution in [3.63, 3.8) is 0 Å². The first-order valence-electron chi connectivity index (χ1n) is 6.03. The van der Waals surface area contributed by atoms with E-state index in [0.717, 1.165) is 18.8 Å². The minimum atomic E-state index is 0.0328. The van der Waals surface area contributed by atoms with Gasteiger partial charge in [0.05, 0.1) is 5.69 Å². The van der Waals surface area contributed by atoms with E-state index in [1.165, 1.54) is 0 Å². The molecule has 1 fully saturated rings. The molecular weight excluding hydrogens is 248 g/mol. The summed E-state index contributed by atoms with van der Waals surface area (Å²) in [5, 5.41) is 0.504. The first kappa shape index (κ1) is 13.1. The zero-order valence-corrected chi connectivity index (χ0v) is 11.3. The van der Waals surface area contributed by atoms with Crippen molar-refractivity contribution in [2.45, 2.75) is 12.2 Å². The largest absolute Gasteiger partial charge is 0.482 e. The van der Waals surface area contributed by atoms with Crippen LogP contribution in [0, 0.1) is 0 Å². The first-order chi connectivity index (χ1) is 8.66. The Morgan fingerprint density at radius 3 is 3.06 bits per heavy atom. The predicted octanol–water partition coefficient (Wildman–Crippen LogP) is 1.61. The number of thioether (sulfide) groups is 1. The van der Waals surface area contributed by atoms with Gasteiger partial charge in [0.1, 0.15) is 5.75 Å². The Labute approximate surface area is 111 Å². The maximum absolute atomic E-state index is 12.0. The van der Waals surface area contributed by atoms with Crippen LogP contribution in [0.2, 0.25) is 0 Å². The van der Waals surface area contributed by atoms with Crippen molar-refractivity contribution < 1.29 is 9.53 Å². The summed E-state index contributed by atoms with van der Waals surface area (Å²) in [5.74, 6) is 1.61. The van der Waals surface area contributed by atoms with Gasteiger partial charge in [0.2, 0.25) is 0 Å². The number of carbonyl (C=O) groups excluding carboxylic acids is 1. The molecule has 0 aliphatic carbocycles. The molecule has 5 heteroatoms. The Bertz CT molecular complexity index is 425. The molecule has 1 aromatic rings. The molecule has 1 saturated heterocycles. The normalized spacial score (nSPS) is 19.6. The molecule has 1 unspecified atom stereocenters. The Balaban J connectivity index is 1.86. The molecule has 2 rings (SSSR count). The number of ether oxygens (including phenoxy) is 1. The van der Waals surface area contributed by atoms with Crippen molar-refractivity contribution in [2.75, 3.05) is 31.2 Å². The Hall–Kier alpha value is -1.36. The molecule has 0 radical (unpaired) electrons. The molecule has 1 aromatic carbocycles. The van der Waals surface area contributed by atoms with E-state index in [1.54, 1.807) is 12.1 Å². The lowest BCUT2D eigenvalue weighted by Crippen LogP contribution is -2.43. The molecule has 1 aliphatic heterocycles. The summed E-state index contributed by atoms with van der Waals surface area (Å²) < 4.78 is 5.46. The maximum Gasteiger partial charge on any atom is 0.260 e. The van der Waals surface area contributed by atoms with Crippen molar-refractivity contribution in [3.8, 4) is 5.75 Å². The number of rotatable bonds is 3. The van der Waals surface area contributed by atoms with Crippen LogP contribution in [0.5, 0.6) is 5.75 Å². The van der Waals surface area contributed by atoms with Crippen LogP contribution in [-0.2, 0) is 4.79 Å². The summed E-state index contributed by atoms with van der Waals surface area (Å²) in [5.41, 5.74) is 6.32. The van der Waals surface area contributed by atoms with Crippen LogP contribution in [0.15, 0.2) is 24.3 Å². The maximum atomic E-state index is 12.0. The summed E-state index contributed by atoms with van der Waals surface area (Å²) >= 11 is 1.90. The van der Waals surface area contributed by atoms with Gasteiger partial charge in [-0.1, -0.05) is 19.1 Å². The van der Waals surface area contributed by atoms with Gasteiger partial charge in [-0.25, -0.2) is 0 Å². The van der Waals surface area contributed by atoms with Gasteiger partial charge in [0, 0.05) is 24.1 Å². The van der Waals surface area contributed by atoms with Gasteiger partial charge in [-0.2, -0.15) is 11.8 Å². The molecular formula is C13H18N2O2S. The highest BCUT2D eigenvalue weighted by atomic mass is 32.2. The van der Waals surface area contributed by atoms with Crippen LogP contribution in [0.4, 0.5) is 5.69 Å². The molecule has 1 atom stereocenters. The topological polar surface area (TPSA) is 55.6 Å². The van der Waals surface area contributed by atoms with Crippen LogP contribution >= 0.6 is 11.8 Å². The van der Waals surface area contributed by atoms with Gasteiger partial charge in [-0.05, 0) is 12.1 Å². The number of nitrogen functional groups attached to an aromatic ring is 1. The Kier molecular flexibility index (Phi) is 4.36. The minimum absolute atomic E-state index is 0.0328. The van der Waals surface area contributed by atoms with Crippen LogP contribution in [0.3, 0.4) is 0 Å². The summed E-state index contributed by atoms with van der Waals surface area (Å²) in [6, 6.07) is 7.22. The van der Waals surface area contributed by atoms with E-state index in [9.17, 15) is 4.79 Å². The quantitative estimate of drug-likeness (QED) is 0.845. The van der Waals surface area contributed by atoms with Crippen molar-refractivity contribution in [3.05, 3.63) is 24.3 Å². The lowest BCUT2D eigenvalue weighted by atomic mass is 10.3. The van der Waals surface area contributed by atoms with E-state index in [4.69, 9.17) is 10.5 Å². The van der Waals surface area contributed by atoms with E-state index >= 15 is 0 Å². The van der Waals surface area contributed by atoms with Crippen LogP contribution < -0.4 is 10.5 Å². The molecule has 0 bridgehead atoms. The molecule has 4 nitrogen and oxygen atoms in total. The van der Waals surface area contributed by atoms with Gasteiger partial charge >= 0.3 is 0 Å². The third-order valence-corrected chi connectivity index (χ3v) is 4.00. The molecule has 0 spiro atoms. The third-order valence-electron chi connectivity index (χ3n) is 2.86. The molecule has 0 aromatic heterocycles. The second kappa shape index (κ2) is 6.00. The number of hydrogen-bond donors (Lipinski definition) is 1. The van der Waals surface area contributed by atoms with Crippen LogP contribution in [0.1, 0.15) is 6.92 Å². The number of benzene rings is 1. The number of nitrogens with zero attached hydrogens (tertiary/aromatic N) is 1. The monoisotopic (exact) mass is 266 g/mol. The SMILES string of the molecule is CC1CN(C(=O)COc2ccccc2N)CCS1. The average molecular weight is 266 g/mol. The second-order valence-electron chi connectivity index (χ2n) is 4.35. The number of hydrogen-bond acceptors (Lipinski definition) is 4.